The molecule has 0 fully saturated rings. The molecule has 0 aliphatic rings. The van der Waals surface area contributed by atoms with Crippen molar-refractivity contribution in [2.24, 2.45) is 0 Å². The largest absolute Gasteiger partial charge is 0.352 e. The van der Waals surface area contributed by atoms with Crippen molar-refractivity contribution in [2.45, 2.75) is 32.9 Å². The monoisotopic (exact) mass is 336 g/mol. The van der Waals surface area contributed by atoms with Crippen molar-refractivity contribution in [1.29, 1.82) is 0 Å². The van der Waals surface area contributed by atoms with E-state index in [1.807, 2.05) is 36.6 Å². The predicted molar refractivity (Wildman–Crippen MR) is 82.9 cm³/mol. The minimum atomic E-state index is -0.0448. The Hall–Kier alpha value is -1.62. The van der Waals surface area contributed by atoms with Crippen LogP contribution in [0.5, 0.6) is 0 Å². The van der Waals surface area contributed by atoms with Gasteiger partial charge >= 0.3 is 0 Å². The average molecular weight is 337 g/mol. The van der Waals surface area contributed by atoms with Gasteiger partial charge in [-0.3, -0.25) is 9.59 Å². The van der Waals surface area contributed by atoms with Gasteiger partial charge in [-0.2, -0.15) is 0 Å². The quantitative estimate of drug-likeness (QED) is 0.853. The van der Waals surface area contributed by atoms with Crippen LogP contribution in [0.15, 0.2) is 28.9 Å². The van der Waals surface area contributed by atoms with Gasteiger partial charge in [-0.25, -0.2) is 0 Å². The van der Waals surface area contributed by atoms with E-state index < -0.39 is 0 Å². The van der Waals surface area contributed by atoms with Crippen LogP contribution >= 0.6 is 15.9 Å². The SMILES string of the molecule is CCC(C)NC(=O)Cn1cc(C=O)c2cc(Br)ccc21. The van der Waals surface area contributed by atoms with Gasteiger partial charge in [0.15, 0.2) is 6.29 Å². The molecule has 1 aromatic heterocycles. The number of rotatable bonds is 5. The lowest BCUT2D eigenvalue weighted by atomic mass is 10.2. The van der Waals surface area contributed by atoms with E-state index in [0.717, 1.165) is 28.1 Å². The van der Waals surface area contributed by atoms with Crippen LogP contribution in [0, 0.1) is 0 Å². The van der Waals surface area contributed by atoms with Crippen molar-refractivity contribution in [3.63, 3.8) is 0 Å². The number of nitrogens with zero attached hydrogens (tertiary/aromatic N) is 1. The number of carbonyl (C=O) groups excluding carboxylic acids is 2. The number of aromatic nitrogens is 1. The zero-order valence-electron chi connectivity index (χ0n) is 11.5. The molecule has 2 aromatic rings. The van der Waals surface area contributed by atoms with Gasteiger partial charge in [-0.1, -0.05) is 22.9 Å². The average Bonchev–Trinajstić information content (AvgIpc) is 2.75. The molecule has 1 amide bonds. The molecule has 1 unspecified atom stereocenters. The summed E-state index contributed by atoms with van der Waals surface area (Å²) in [7, 11) is 0. The van der Waals surface area contributed by atoms with E-state index in [4.69, 9.17) is 0 Å². The topological polar surface area (TPSA) is 51.1 Å². The molecule has 0 aliphatic carbocycles. The molecule has 1 aromatic carbocycles. The van der Waals surface area contributed by atoms with Crippen LogP contribution < -0.4 is 5.32 Å². The van der Waals surface area contributed by atoms with Gasteiger partial charge in [-0.15, -0.1) is 0 Å². The Morgan fingerprint density at radius 3 is 2.90 bits per heavy atom. The molecule has 0 radical (unpaired) electrons. The number of hydrogen-bond acceptors (Lipinski definition) is 2. The van der Waals surface area contributed by atoms with E-state index in [9.17, 15) is 9.59 Å². The number of nitrogens with one attached hydrogen (secondary N) is 1. The number of carbonyl (C=O) groups is 2. The summed E-state index contributed by atoms with van der Waals surface area (Å²) >= 11 is 3.39. The van der Waals surface area contributed by atoms with Gasteiger partial charge in [0.05, 0.1) is 0 Å². The van der Waals surface area contributed by atoms with E-state index in [2.05, 4.69) is 21.2 Å². The zero-order chi connectivity index (χ0) is 14.7. The third-order valence-electron chi connectivity index (χ3n) is 3.33. The first-order valence-corrected chi connectivity index (χ1v) is 7.37. The number of halogens is 1. The molecular formula is C15H17BrN2O2. The molecule has 1 N–H and O–H groups in total. The van der Waals surface area contributed by atoms with E-state index in [1.54, 1.807) is 6.20 Å². The molecule has 0 saturated carbocycles. The van der Waals surface area contributed by atoms with Crippen LogP contribution in [-0.4, -0.2) is 22.8 Å². The maximum Gasteiger partial charge on any atom is 0.240 e. The molecule has 1 atom stereocenters. The fourth-order valence-electron chi connectivity index (χ4n) is 2.10. The fraction of sp³-hybridized carbons (Fsp3) is 0.333. The van der Waals surface area contributed by atoms with E-state index in [1.165, 1.54) is 0 Å². The van der Waals surface area contributed by atoms with Gasteiger partial charge in [0.25, 0.3) is 0 Å². The third kappa shape index (κ3) is 3.10. The summed E-state index contributed by atoms with van der Waals surface area (Å²) < 4.78 is 2.72. The summed E-state index contributed by atoms with van der Waals surface area (Å²) in [5.41, 5.74) is 1.48. The van der Waals surface area contributed by atoms with Crippen LogP contribution in [0.4, 0.5) is 0 Å². The Morgan fingerprint density at radius 2 is 2.25 bits per heavy atom. The molecule has 20 heavy (non-hydrogen) atoms. The highest BCUT2D eigenvalue weighted by molar-refractivity contribution is 9.10. The number of amides is 1. The lowest BCUT2D eigenvalue weighted by molar-refractivity contribution is -0.122. The first kappa shape index (κ1) is 14.8. The molecule has 0 saturated heterocycles. The molecule has 4 nitrogen and oxygen atoms in total. The number of fused-ring (bicyclic) bond motifs is 1. The number of benzene rings is 1. The minimum absolute atomic E-state index is 0.0448. The number of hydrogen-bond donors (Lipinski definition) is 1. The van der Waals surface area contributed by atoms with Gasteiger partial charge in [0.1, 0.15) is 6.54 Å². The highest BCUT2D eigenvalue weighted by Gasteiger charge is 2.12. The Balaban J connectivity index is 2.31. The second-order valence-electron chi connectivity index (χ2n) is 4.87. The lowest BCUT2D eigenvalue weighted by Crippen LogP contribution is -2.34. The van der Waals surface area contributed by atoms with Crippen molar-refractivity contribution in [3.05, 3.63) is 34.4 Å². The molecule has 106 valence electrons. The Bertz CT molecular complexity index is 649. The molecule has 0 spiro atoms. The Labute approximate surface area is 126 Å². The Kier molecular flexibility index (Phi) is 4.60. The van der Waals surface area contributed by atoms with Crippen LogP contribution in [0.25, 0.3) is 10.9 Å². The molecule has 0 aliphatic heterocycles. The molecular weight excluding hydrogens is 320 g/mol. The lowest BCUT2D eigenvalue weighted by Gasteiger charge is -2.12. The minimum Gasteiger partial charge on any atom is -0.352 e. The van der Waals surface area contributed by atoms with E-state index in [-0.39, 0.29) is 18.5 Å². The van der Waals surface area contributed by atoms with Crippen LogP contribution in [0.1, 0.15) is 30.6 Å². The Morgan fingerprint density at radius 1 is 1.50 bits per heavy atom. The van der Waals surface area contributed by atoms with Crippen LogP contribution in [0.3, 0.4) is 0 Å². The second-order valence-corrected chi connectivity index (χ2v) is 5.78. The zero-order valence-corrected chi connectivity index (χ0v) is 13.1. The van der Waals surface area contributed by atoms with Crippen molar-refractivity contribution in [3.8, 4) is 0 Å². The van der Waals surface area contributed by atoms with Crippen molar-refractivity contribution < 1.29 is 9.59 Å². The molecule has 1 heterocycles. The summed E-state index contributed by atoms with van der Waals surface area (Å²) in [6, 6.07) is 5.86. The predicted octanol–water partition coefficient (Wildman–Crippen LogP) is 3.13. The van der Waals surface area contributed by atoms with Crippen LogP contribution in [-0.2, 0) is 11.3 Å². The van der Waals surface area contributed by atoms with Gasteiger partial charge in [0, 0.05) is 33.2 Å². The molecule has 0 bridgehead atoms. The van der Waals surface area contributed by atoms with E-state index >= 15 is 0 Å². The van der Waals surface area contributed by atoms with Gasteiger partial charge in [0.2, 0.25) is 5.91 Å². The third-order valence-corrected chi connectivity index (χ3v) is 3.83. The molecule has 5 heteroatoms. The van der Waals surface area contributed by atoms with Gasteiger partial charge < -0.3 is 9.88 Å². The highest BCUT2D eigenvalue weighted by atomic mass is 79.9. The van der Waals surface area contributed by atoms with Gasteiger partial charge in [-0.05, 0) is 31.5 Å². The fourth-order valence-corrected chi connectivity index (χ4v) is 2.46. The standard InChI is InChI=1S/C15H17BrN2O2/c1-3-10(2)17-15(20)8-18-7-11(9-19)13-6-12(16)4-5-14(13)18/h4-7,9-10H,3,8H2,1-2H3,(H,17,20). The summed E-state index contributed by atoms with van der Waals surface area (Å²) in [5.74, 6) is -0.0448. The summed E-state index contributed by atoms with van der Waals surface area (Å²) in [5, 5.41) is 3.78. The van der Waals surface area contributed by atoms with Crippen LogP contribution in [0.2, 0.25) is 0 Å². The number of aldehydes is 1. The highest BCUT2D eigenvalue weighted by Crippen LogP contribution is 2.24. The summed E-state index contributed by atoms with van der Waals surface area (Å²) in [6.45, 7) is 4.22. The summed E-state index contributed by atoms with van der Waals surface area (Å²) in [4.78, 5) is 23.1. The first-order valence-electron chi connectivity index (χ1n) is 6.58. The smallest absolute Gasteiger partial charge is 0.240 e. The summed E-state index contributed by atoms with van der Waals surface area (Å²) in [6.07, 6.45) is 3.43. The normalized spacial score (nSPS) is 12.3. The van der Waals surface area contributed by atoms with Crippen molar-refractivity contribution in [2.75, 3.05) is 0 Å². The maximum atomic E-state index is 12.0. The maximum absolute atomic E-state index is 12.0. The van der Waals surface area contributed by atoms with E-state index in [0.29, 0.717) is 5.56 Å². The first-order chi connectivity index (χ1) is 9.55. The van der Waals surface area contributed by atoms with Crippen molar-refractivity contribution in [1.82, 2.24) is 9.88 Å². The molecule has 2 rings (SSSR count). The van der Waals surface area contributed by atoms with Crippen molar-refractivity contribution >= 4 is 39.0 Å². The second kappa shape index (κ2) is 6.22.